The fraction of sp³-hybridized carbons (Fsp3) is 0.462. The molecule has 0 saturated carbocycles. The lowest BCUT2D eigenvalue weighted by Gasteiger charge is -2.10. The molecule has 1 amide bonds. The summed E-state index contributed by atoms with van der Waals surface area (Å²) in [6, 6.07) is 2.86. The van der Waals surface area contributed by atoms with Gasteiger partial charge in [-0.25, -0.2) is 4.79 Å². The van der Waals surface area contributed by atoms with Crippen molar-refractivity contribution < 1.29 is 19.4 Å². The Bertz CT molecular complexity index is 516. The van der Waals surface area contributed by atoms with E-state index in [2.05, 4.69) is 0 Å². The zero-order valence-electron chi connectivity index (χ0n) is 13.5. The van der Waals surface area contributed by atoms with E-state index in [0.717, 1.165) is 23.1 Å². The SMILES string of the molecule is CC.CC.CN(C)C(=O)Oc1ccc([N+](=O)[O-])c([N+](=O)[O-])c1. The number of benzene rings is 1. The summed E-state index contributed by atoms with van der Waals surface area (Å²) >= 11 is 0. The Balaban J connectivity index is 0. The van der Waals surface area contributed by atoms with Crippen LogP contribution in [0.15, 0.2) is 18.2 Å². The number of amides is 1. The zero-order chi connectivity index (χ0) is 17.9. The van der Waals surface area contributed by atoms with Crippen molar-refractivity contribution in [2.75, 3.05) is 14.1 Å². The maximum absolute atomic E-state index is 11.2. The lowest BCUT2D eigenvalue weighted by atomic mass is 10.2. The Labute approximate surface area is 128 Å². The van der Waals surface area contributed by atoms with E-state index in [1.54, 1.807) is 0 Å². The third kappa shape index (κ3) is 6.64. The average molecular weight is 315 g/mol. The summed E-state index contributed by atoms with van der Waals surface area (Å²) in [5, 5.41) is 21.2. The molecule has 9 nitrogen and oxygen atoms in total. The first-order chi connectivity index (χ1) is 10.3. The summed E-state index contributed by atoms with van der Waals surface area (Å²) in [4.78, 5) is 31.7. The lowest BCUT2D eigenvalue weighted by Crippen LogP contribution is -2.25. The molecule has 0 aromatic heterocycles. The first-order valence-corrected chi connectivity index (χ1v) is 6.65. The summed E-state index contributed by atoms with van der Waals surface area (Å²) in [6.07, 6.45) is -0.738. The van der Waals surface area contributed by atoms with Gasteiger partial charge in [0, 0.05) is 20.2 Å². The first kappa shape index (κ1) is 21.6. The Morgan fingerprint density at radius 2 is 1.45 bits per heavy atom. The molecule has 0 atom stereocenters. The molecule has 0 spiro atoms. The van der Waals surface area contributed by atoms with Gasteiger partial charge in [0.1, 0.15) is 5.75 Å². The van der Waals surface area contributed by atoms with Crippen LogP contribution in [0.4, 0.5) is 16.2 Å². The summed E-state index contributed by atoms with van der Waals surface area (Å²) in [6.45, 7) is 8.00. The average Bonchev–Trinajstić information content (AvgIpc) is 2.50. The Kier molecular flexibility index (Phi) is 10.8. The van der Waals surface area contributed by atoms with Crippen molar-refractivity contribution in [1.29, 1.82) is 0 Å². The van der Waals surface area contributed by atoms with Crippen molar-refractivity contribution in [2.45, 2.75) is 27.7 Å². The van der Waals surface area contributed by atoms with E-state index >= 15 is 0 Å². The highest BCUT2D eigenvalue weighted by atomic mass is 16.6. The topological polar surface area (TPSA) is 116 Å². The molecule has 0 aliphatic carbocycles. The number of rotatable bonds is 3. The van der Waals surface area contributed by atoms with E-state index in [-0.39, 0.29) is 5.75 Å². The van der Waals surface area contributed by atoms with E-state index in [1.165, 1.54) is 14.1 Å². The molecular formula is C13H21N3O6. The molecule has 1 aromatic carbocycles. The molecule has 0 aliphatic heterocycles. The third-order valence-corrected chi connectivity index (χ3v) is 1.91. The summed E-state index contributed by atoms with van der Waals surface area (Å²) in [7, 11) is 2.87. The van der Waals surface area contributed by atoms with E-state index in [1.807, 2.05) is 27.7 Å². The molecule has 0 aliphatic rings. The summed E-state index contributed by atoms with van der Waals surface area (Å²) in [5.41, 5.74) is -1.39. The van der Waals surface area contributed by atoms with Crippen molar-refractivity contribution >= 4 is 17.5 Å². The van der Waals surface area contributed by atoms with Gasteiger partial charge in [0.2, 0.25) is 0 Å². The van der Waals surface area contributed by atoms with Gasteiger partial charge in [0.15, 0.2) is 0 Å². The summed E-state index contributed by atoms with van der Waals surface area (Å²) in [5.74, 6) is -0.133. The van der Waals surface area contributed by atoms with E-state index in [4.69, 9.17) is 4.74 Å². The maximum atomic E-state index is 11.2. The highest BCUT2D eigenvalue weighted by molar-refractivity contribution is 5.71. The third-order valence-electron chi connectivity index (χ3n) is 1.91. The Hall–Kier alpha value is -2.71. The number of ether oxygens (including phenoxy) is 1. The largest absolute Gasteiger partial charge is 0.414 e. The van der Waals surface area contributed by atoms with E-state index in [0.29, 0.717) is 0 Å². The molecule has 0 bridgehead atoms. The minimum atomic E-state index is -0.912. The fourth-order valence-corrected chi connectivity index (χ4v) is 1.06. The molecule has 22 heavy (non-hydrogen) atoms. The van der Waals surface area contributed by atoms with Crippen molar-refractivity contribution in [1.82, 2.24) is 4.90 Å². The van der Waals surface area contributed by atoms with Crippen molar-refractivity contribution in [2.24, 2.45) is 0 Å². The highest BCUT2D eigenvalue weighted by Crippen LogP contribution is 2.30. The van der Waals surface area contributed by atoms with Gasteiger partial charge in [-0.3, -0.25) is 20.2 Å². The van der Waals surface area contributed by atoms with Crippen molar-refractivity contribution in [3.8, 4) is 5.75 Å². The molecule has 124 valence electrons. The molecule has 0 saturated heterocycles. The van der Waals surface area contributed by atoms with Gasteiger partial charge in [-0.15, -0.1) is 0 Å². The minimum Gasteiger partial charge on any atom is -0.410 e. The van der Waals surface area contributed by atoms with Gasteiger partial charge >= 0.3 is 17.5 Å². The van der Waals surface area contributed by atoms with Crippen molar-refractivity contribution in [3.63, 3.8) is 0 Å². The monoisotopic (exact) mass is 315 g/mol. The number of nitrogens with zero attached hydrogens (tertiary/aromatic N) is 3. The van der Waals surface area contributed by atoms with Crippen LogP contribution in [0.5, 0.6) is 5.75 Å². The van der Waals surface area contributed by atoms with Crippen LogP contribution in [0.1, 0.15) is 27.7 Å². The number of nitro groups is 2. The van der Waals surface area contributed by atoms with Crippen LogP contribution >= 0.6 is 0 Å². The van der Waals surface area contributed by atoms with Crippen LogP contribution in [0.3, 0.4) is 0 Å². The maximum Gasteiger partial charge on any atom is 0.414 e. The normalized spacial score (nSPS) is 8.45. The van der Waals surface area contributed by atoms with Crippen LogP contribution in [0.2, 0.25) is 0 Å². The highest BCUT2D eigenvalue weighted by Gasteiger charge is 2.25. The predicted molar refractivity (Wildman–Crippen MR) is 82.2 cm³/mol. The van der Waals surface area contributed by atoms with E-state index < -0.39 is 27.3 Å². The van der Waals surface area contributed by atoms with Gasteiger partial charge in [-0.05, 0) is 6.07 Å². The molecule has 0 heterocycles. The number of carbonyl (C=O) groups is 1. The van der Waals surface area contributed by atoms with E-state index in [9.17, 15) is 25.0 Å². The molecule has 9 heteroatoms. The van der Waals surface area contributed by atoms with Crippen LogP contribution < -0.4 is 4.74 Å². The zero-order valence-corrected chi connectivity index (χ0v) is 13.5. The number of hydrogen-bond acceptors (Lipinski definition) is 6. The molecule has 1 rings (SSSR count). The van der Waals surface area contributed by atoms with Gasteiger partial charge in [0.25, 0.3) is 0 Å². The van der Waals surface area contributed by atoms with Gasteiger partial charge in [-0.2, -0.15) is 0 Å². The Morgan fingerprint density at radius 3 is 1.82 bits per heavy atom. The van der Waals surface area contributed by atoms with Crippen LogP contribution in [0, 0.1) is 20.2 Å². The van der Waals surface area contributed by atoms with Gasteiger partial charge in [-0.1, -0.05) is 27.7 Å². The minimum absolute atomic E-state index is 0.133. The number of carbonyl (C=O) groups excluding carboxylic acids is 1. The second-order valence-electron chi connectivity index (χ2n) is 3.43. The number of nitro benzene ring substituents is 2. The molecule has 0 unspecified atom stereocenters. The second-order valence-corrected chi connectivity index (χ2v) is 3.43. The molecular weight excluding hydrogens is 294 g/mol. The van der Waals surface area contributed by atoms with Crippen LogP contribution in [0.25, 0.3) is 0 Å². The quantitative estimate of drug-likeness (QED) is 0.621. The predicted octanol–water partition coefficient (Wildman–Crippen LogP) is 3.62. The van der Waals surface area contributed by atoms with Crippen LogP contribution in [-0.2, 0) is 0 Å². The molecule has 0 radical (unpaired) electrons. The Morgan fingerprint density at radius 1 is 1.00 bits per heavy atom. The number of hydrogen-bond donors (Lipinski definition) is 0. The smallest absolute Gasteiger partial charge is 0.410 e. The van der Waals surface area contributed by atoms with Gasteiger partial charge in [0.05, 0.1) is 15.9 Å². The first-order valence-electron chi connectivity index (χ1n) is 6.65. The lowest BCUT2D eigenvalue weighted by molar-refractivity contribution is -0.422. The fourth-order valence-electron chi connectivity index (χ4n) is 1.06. The van der Waals surface area contributed by atoms with Gasteiger partial charge < -0.3 is 9.64 Å². The second kappa shape index (κ2) is 11.0. The van der Waals surface area contributed by atoms with Crippen LogP contribution in [-0.4, -0.2) is 34.9 Å². The standard InChI is InChI=1S/C9H9N3O6.2C2H6/c1-10(2)9(13)18-6-3-4-7(11(14)15)8(5-6)12(16)17;2*1-2/h3-5H,1-2H3;2*1-2H3. The van der Waals surface area contributed by atoms with Crippen molar-refractivity contribution in [3.05, 3.63) is 38.4 Å². The summed E-state index contributed by atoms with van der Waals surface area (Å²) < 4.78 is 4.76. The molecule has 1 aromatic rings. The molecule has 0 fully saturated rings. The molecule has 0 N–H and O–H groups in total.